The van der Waals surface area contributed by atoms with Crippen LogP contribution in [-0.4, -0.2) is 124 Å². The summed E-state index contributed by atoms with van der Waals surface area (Å²) in [5.41, 5.74) is 5.49. The van der Waals surface area contributed by atoms with E-state index in [1.54, 1.807) is 38.5 Å². The van der Waals surface area contributed by atoms with Crippen LogP contribution < -0.4 is 9.47 Å². The largest absolute Gasteiger partial charge is 0.632 e. The molecule has 0 amide bonds. The Labute approximate surface area is 284 Å². The molecule has 4 heterocycles. The summed E-state index contributed by atoms with van der Waals surface area (Å²) in [6.45, 7) is 1.71. The number of phenols is 2. The third kappa shape index (κ3) is 5.78. The second-order valence-corrected chi connectivity index (χ2v) is 13.4. The van der Waals surface area contributed by atoms with Crippen molar-refractivity contribution in [2.45, 2.75) is 74.3 Å². The Morgan fingerprint density at radius 3 is 1.33 bits per heavy atom. The lowest BCUT2D eigenvalue weighted by Crippen LogP contribution is -2.57. The predicted molar refractivity (Wildman–Crippen MR) is 177 cm³/mol. The number of aliphatic hydroxyl groups excluding tert-OH is 2. The minimum Gasteiger partial charge on any atom is -0.632 e. The first-order valence-electron chi connectivity index (χ1n) is 15.7. The van der Waals surface area contributed by atoms with Gasteiger partial charge in [0.25, 0.3) is 0 Å². The van der Waals surface area contributed by atoms with E-state index in [2.05, 4.69) is 0 Å². The van der Waals surface area contributed by atoms with Gasteiger partial charge in [-0.1, -0.05) is 0 Å². The molecule has 8 rings (SSSR count). The molecule has 2 aromatic rings. The topological polar surface area (TPSA) is 258 Å². The van der Waals surface area contributed by atoms with Crippen LogP contribution in [0.4, 0.5) is 0 Å². The molecule has 272 valence electrons. The van der Waals surface area contributed by atoms with Crippen molar-refractivity contribution < 1.29 is 65.1 Å². The number of methoxy groups -OCH3 is 4. The lowest BCUT2D eigenvalue weighted by molar-refractivity contribution is -0.907. The van der Waals surface area contributed by atoms with Gasteiger partial charge in [-0.05, 0) is 58.7 Å². The van der Waals surface area contributed by atoms with E-state index in [0.29, 0.717) is 37.7 Å². The average molecular weight is 693 g/mol. The van der Waals surface area contributed by atoms with Gasteiger partial charge < -0.3 is 75.5 Å². The quantitative estimate of drug-likeness (QED) is 0.194. The molecule has 0 spiro atoms. The Kier molecular flexibility index (Phi) is 10.8. The van der Waals surface area contributed by atoms with E-state index >= 15 is 0 Å². The maximum Gasteiger partial charge on any atom is 0.160 e. The van der Waals surface area contributed by atoms with Crippen LogP contribution in [0.5, 0.6) is 23.0 Å². The number of rotatable bonds is 4. The van der Waals surface area contributed by atoms with E-state index in [1.165, 1.54) is 14.2 Å². The van der Waals surface area contributed by atoms with Crippen molar-refractivity contribution in [3.63, 3.8) is 0 Å². The number of aliphatic hydroxyl groups is 2. The first-order valence-corrected chi connectivity index (χ1v) is 15.7. The molecule has 2 saturated heterocycles. The smallest absolute Gasteiger partial charge is 0.160 e. The first kappa shape index (κ1) is 38.5. The highest BCUT2D eigenvalue weighted by Crippen LogP contribution is 2.54. The zero-order chi connectivity index (χ0) is 32.7. The van der Waals surface area contributed by atoms with Gasteiger partial charge in [0, 0.05) is 38.2 Å². The second-order valence-electron chi connectivity index (χ2n) is 13.4. The Morgan fingerprint density at radius 2 is 1.00 bits per heavy atom. The highest BCUT2D eigenvalue weighted by atomic mass is 16.6. The standard InChI is InChI=1S/2C17H21NO5.3H2O/c2*1-22-13-6-10-8-18(21)4-3-9-5-14(23-2)17(20)15(16(9)18)11(10)7-12(13)19;;;/h2*5-7,14-17,19-20H,3-4,8H2,1-2H3;3*1H2/t2*14-,15-,16+,17+,18+;;;/m00.../s1. The van der Waals surface area contributed by atoms with Crippen LogP contribution in [0.1, 0.15) is 46.9 Å². The van der Waals surface area contributed by atoms with Gasteiger partial charge in [0.2, 0.25) is 0 Å². The molecule has 6 aliphatic rings. The molecule has 2 aliphatic carbocycles. The van der Waals surface area contributed by atoms with Crippen LogP contribution in [0.3, 0.4) is 0 Å². The van der Waals surface area contributed by atoms with E-state index in [9.17, 15) is 30.8 Å². The van der Waals surface area contributed by atoms with Crippen molar-refractivity contribution in [1.82, 2.24) is 0 Å². The van der Waals surface area contributed by atoms with Crippen LogP contribution in [0.15, 0.2) is 47.6 Å². The molecular weight excluding hydrogens is 644 g/mol. The summed E-state index contributed by atoms with van der Waals surface area (Å²) < 4.78 is 20.5. The molecule has 49 heavy (non-hydrogen) atoms. The van der Waals surface area contributed by atoms with Crippen LogP contribution in [-0.2, 0) is 22.6 Å². The Balaban J connectivity index is 0.000000208. The summed E-state index contributed by atoms with van der Waals surface area (Å²) >= 11 is 0. The number of nitrogens with zero attached hydrogens (tertiary/aromatic N) is 2. The van der Waals surface area contributed by atoms with Gasteiger partial charge in [-0.25, -0.2) is 0 Å². The van der Waals surface area contributed by atoms with Gasteiger partial charge in [-0.3, -0.25) is 0 Å². The lowest BCUT2D eigenvalue weighted by Gasteiger charge is -2.53. The molecule has 4 aliphatic heterocycles. The minimum atomic E-state index is -0.801. The molecule has 0 unspecified atom stereocenters. The molecule has 0 saturated carbocycles. The summed E-state index contributed by atoms with van der Waals surface area (Å²) in [6, 6.07) is 6.17. The van der Waals surface area contributed by atoms with Crippen molar-refractivity contribution in [3.05, 3.63) is 80.2 Å². The van der Waals surface area contributed by atoms with Gasteiger partial charge in [0.15, 0.2) is 23.0 Å². The fourth-order valence-electron chi connectivity index (χ4n) is 9.16. The summed E-state index contributed by atoms with van der Waals surface area (Å²) in [7, 11) is 6.10. The summed E-state index contributed by atoms with van der Waals surface area (Å²) in [5, 5.41) is 68.5. The number of quaternary nitrogens is 2. The minimum absolute atomic E-state index is 0. The number of hydrogen-bond acceptors (Lipinski definition) is 10. The second kappa shape index (κ2) is 13.8. The van der Waals surface area contributed by atoms with Gasteiger partial charge in [-0.2, -0.15) is 0 Å². The number of hydrogen-bond donors (Lipinski definition) is 4. The van der Waals surface area contributed by atoms with E-state index in [1.807, 2.05) is 12.2 Å². The summed E-state index contributed by atoms with van der Waals surface area (Å²) in [5.74, 6) is 0.0653. The number of fused-ring (bicyclic) bond motifs is 4. The Bertz CT molecular complexity index is 1500. The maximum absolute atomic E-state index is 13.3. The van der Waals surface area contributed by atoms with Crippen molar-refractivity contribution in [2.75, 3.05) is 41.5 Å². The van der Waals surface area contributed by atoms with Gasteiger partial charge in [-0.15, -0.1) is 0 Å². The molecule has 10 atom stereocenters. The first-order chi connectivity index (χ1) is 22.0. The maximum atomic E-state index is 13.3. The average Bonchev–Trinajstić information content (AvgIpc) is 3.55. The molecule has 2 fully saturated rings. The Morgan fingerprint density at radius 1 is 0.633 bits per heavy atom. The monoisotopic (exact) mass is 692 g/mol. The zero-order valence-corrected chi connectivity index (χ0v) is 28.0. The van der Waals surface area contributed by atoms with Gasteiger partial charge in [0.1, 0.15) is 37.4 Å². The zero-order valence-electron chi connectivity index (χ0n) is 28.0. The molecule has 2 aromatic carbocycles. The fraction of sp³-hybridized carbons (Fsp3) is 0.529. The van der Waals surface area contributed by atoms with Crippen molar-refractivity contribution in [3.8, 4) is 23.0 Å². The van der Waals surface area contributed by atoms with E-state index in [4.69, 9.17) is 18.9 Å². The van der Waals surface area contributed by atoms with E-state index < -0.39 is 24.4 Å². The fourth-order valence-corrected chi connectivity index (χ4v) is 9.16. The normalized spacial score (nSPS) is 35.5. The highest BCUT2D eigenvalue weighted by Gasteiger charge is 2.56. The van der Waals surface area contributed by atoms with E-state index in [-0.39, 0.29) is 61.1 Å². The summed E-state index contributed by atoms with van der Waals surface area (Å²) in [6.07, 6.45) is 2.84. The van der Waals surface area contributed by atoms with Crippen LogP contribution in [0.2, 0.25) is 0 Å². The number of ether oxygens (including phenoxy) is 4. The van der Waals surface area contributed by atoms with Gasteiger partial charge >= 0.3 is 0 Å². The molecule has 0 bridgehead atoms. The van der Waals surface area contributed by atoms with Crippen LogP contribution in [0, 0.1) is 10.4 Å². The molecular formula is C34H48N2O13. The lowest BCUT2D eigenvalue weighted by atomic mass is 9.73. The van der Waals surface area contributed by atoms with E-state index in [0.717, 1.165) is 46.2 Å². The molecule has 15 heteroatoms. The number of hydroxylamine groups is 6. The molecule has 0 radical (unpaired) electrons. The van der Waals surface area contributed by atoms with Crippen molar-refractivity contribution in [2.24, 2.45) is 0 Å². The van der Waals surface area contributed by atoms with Crippen LogP contribution in [0.25, 0.3) is 0 Å². The number of aromatic hydroxyl groups is 2. The number of phenolic OH excluding ortho intramolecular Hbond substituents is 2. The third-order valence-electron chi connectivity index (χ3n) is 11.2. The summed E-state index contributed by atoms with van der Waals surface area (Å²) in [4.78, 5) is 0. The van der Waals surface area contributed by atoms with Crippen LogP contribution >= 0.6 is 0 Å². The third-order valence-corrected chi connectivity index (χ3v) is 11.2. The Hall–Kier alpha value is -3.32. The molecule has 15 nitrogen and oxygen atoms in total. The van der Waals surface area contributed by atoms with Crippen molar-refractivity contribution >= 4 is 0 Å². The molecule has 0 aromatic heterocycles. The predicted octanol–water partition coefficient (Wildman–Crippen LogP) is 0.327. The SMILES string of the molecule is COc1cc2c(cc1O)[C@@H]1[C@H](O)[C@@H](OC)C=C3CC[N@@+]([O-])(C2)[C@H]31.COc1cc2c(cc1O)[C@@H]1[C@H](O)[C@@H](OC)C=C3CC[N@@+]([O-])(C2)[C@H]31.O.O.O. The molecule has 10 N–H and O–H groups in total. The van der Waals surface area contributed by atoms with Gasteiger partial charge in [0.05, 0.1) is 51.4 Å². The van der Waals surface area contributed by atoms with Crippen molar-refractivity contribution in [1.29, 1.82) is 0 Å². The number of benzene rings is 2. The highest BCUT2D eigenvalue weighted by molar-refractivity contribution is 5.52.